The number of hydrogen-bond acceptors (Lipinski definition) is 5. The van der Waals surface area contributed by atoms with Crippen molar-refractivity contribution in [1.29, 1.82) is 0 Å². The van der Waals surface area contributed by atoms with E-state index in [1.807, 2.05) is 0 Å². The zero-order valence-electron chi connectivity index (χ0n) is 15.2. The smallest absolute Gasteiger partial charge is 0.328 e. The molecule has 1 amide bonds. The molecule has 0 radical (unpaired) electrons. The van der Waals surface area contributed by atoms with Gasteiger partial charge in [-0.2, -0.15) is 4.31 Å². The molecule has 7 nitrogen and oxygen atoms in total. The molecule has 2 atom stereocenters. The number of methoxy groups -OCH3 is 1. The van der Waals surface area contributed by atoms with Crippen molar-refractivity contribution in [1.82, 2.24) is 9.62 Å². The van der Waals surface area contributed by atoms with Crippen molar-refractivity contribution in [2.24, 2.45) is 0 Å². The molecule has 1 aromatic rings. The minimum absolute atomic E-state index is 0.139. The van der Waals surface area contributed by atoms with Gasteiger partial charge in [-0.3, -0.25) is 4.79 Å². The van der Waals surface area contributed by atoms with E-state index in [4.69, 9.17) is 11.6 Å². The lowest BCUT2D eigenvalue weighted by Gasteiger charge is -2.25. The molecule has 0 saturated carbocycles. The number of sulfonamides is 1. The Hall–Kier alpha value is -1.64. The second-order valence-electron chi connectivity index (χ2n) is 6.39. The second-order valence-corrected chi connectivity index (χ2v) is 8.66. The Bertz CT molecular complexity index is 825. The molecule has 1 saturated heterocycles. The number of esters is 1. The van der Waals surface area contributed by atoms with Gasteiger partial charge in [-0.25, -0.2) is 13.2 Å². The van der Waals surface area contributed by atoms with E-state index in [1.165, 1.54) is 24.4 Å². The summed E-state index contributed by atoms with van der Waals surface area (Å²) >= 11 is 6.06. The van der Waals surface area contributed by atoms with Gasteiger partial charge in [-0.05, 0) is 56.9 Å². The predicted molar refractivity (Wildman–Crippen MR) is 97.5 cm³/mol. The quantitative estimate of drug-likeness (QED) is 0.758. The van der Waals surface area contributed by atoms with Gasteiger partial charge in [0.15, 0.2) is 0 Å². The largest absolute Gasteiger partial charge is 0.467 e. The summed E-state index contributed by atoms with van der Waals surface area (Å²) in [6.45, 7) is 5.13. The molecule has 1 N–H and O–H groups in total. The predicted octanol–water partition coefficient (Wildman–Crippen LogP) is 1.79. The number of carbonyl (C=O) groups is 2. The van der Waals surface area contributed by atoms with Crippen LogP contribution in [0.1, 0.15) is 30.9 Å². The van der Waals surface area contributed by atoms with Gasteiger partial charge in [-0.1, -0.05) is 11.6 Å². The summed E-state index contributed by atoms with van der Waals surface area (Å²) in [4.78, 5) is 24.2. The third-order valence-corrected chi connectivity index (χ3v) is 6.92. The highest BCUT2D eigenvalue weighted by molar-refractivity contribution is 7.89. The van der Waals surface area contributed by atoms with Gasteiger partial charge in [0.05, 0.1) is 12.0 Å². The topological polar surface area (TPSA) is 92.8 Å². The summed E-state index contributed by atoms with van der Waals surface area (Å²) in [7, 11) is -2.64. The van der Waals surface area contributed by atoms with Gasteiger partial charge in [0.2, 0.25) is 15.9 Å². The van der Waals surface area contributed by atoms with Crippen molar-refractivity contribution in [2.75, 3.05) is 13.7 Å². The Balaban J connectivity index is 2.30. The molecule has 1 fully saturated rings. The molecule has 144 valence electrons. The summed E-state index contributed by atoms with van der Waals surface area (Å²) in [6.07, 6.45) is 0.958. The molecular weight excluding hydrogens is 380 g/mol. The molecule has 2 rings (SSSR count). The maximum absolute atomic E-state index is 13.1. The van der Waals surface area contributed by atoms with Crippen molar-refractivity contribution >= 4 is 33.5 Å². The highest BCUT2D eigenvalue weighted by atomic mass is 35.5. The lowest BCUT2D eigenvalue weighted by Crippen LogP contribution is -2.50. The fourth-order valence-corrected chi connectivity index (χ4v) is 5.16. The first-order valence-electron chi connectivity index (χ1n) is 8.26. The van der Waals surface area contributed by atoms with E-state index in [-0.39, 0.29) is 11.4 Å². The van der Waals surface area contributed by atoms with E-state index in [0.717, 1.165) is 0 Å². The van der Waals surface area contributed by atoms with Gasteiger partial charge in [0.25, 0.3) is 0 Å². The molecule has 0 unspecified atom stereocenters. The SMILES string of the molecule is COC(=O)[C@H](C)NC(=O)[C@@H]1CCCN1S(=O)(=O)c1cc(C)c(Cl)cc1C. The molecule has 1 heterocycles. The minimum atomic E-state index is -3.87. The van der Waals surface area contributed by atoms with Crippen LogP contribution < -0.4 is 5.32 Å². The number of halogens is 1. The molecule has 1 aromatic carbocycles. The molecule has 9 heteroatoms. The zero-order valence-corrected chi connectivity index (χ0v) is 16.8. The molecule has 26 heavy (non-hydrogen) atoms. The number of benzene rings is 1. The Labute approximate surface area is 158 Å². The van der Waals surface area contributed by atoms with Crippen molar-refractivity contribution in [2.45, 2.75) is 50.6 Å². The van der Waals surface area contributed by atoms with Crippen LogP contribution in [0.2, 0.25) is 5.02 Å². The third-order valence-electron chi connectivity index (χ3n) is 4.46. The Kier molecular flexibility index (Phi) is 6.31. The van der Waals surface area contributed by atoms with Crippen LogP contribution in [0.4, 0.5) is 0 Å². The van der Waals surface area contributed by atoms with Crippen molar-refractivity contribution in [3.63, 3.8) is 0 Å². The number of ether oxygens (including phenoxy) is 1. The Morgan fingerprint density at radius 1 is 1.31 bits per heavy atom. The van der Waals surface area contributed by atoms with E-state index in [1.54, 1.807) is 19.9 Å². The van der Waals surface area contributed by atoms with Crippen LogP contribution in [0.15, 0.2) is 17.0 Å². The standard InChI is InChI=1S/C17H23ClN2O5S/c1-10-9-15(11(2)8-13(10)18)26(23,24)20-7-5-6-14(20)16(21)19-12(3)17(22)25-4/h8-9,12,14H,5-7H2,1-4H3,(H,19,21)/t12-,14-/m0/s1. The van der Waals surface area contributed by atoms with Crippen LogP contribution in [0.3, 0.4) is 0 Å². The Morgan fingerprint density at radius 2 is 1.96 bits per heavy atom. The lowest BCUT2D eigenvalue weighted by molar-refractivity contribution is -0.144. The van der Waals surface area contributed by atoms with Crippen LogP contribution in [0.5, 0.6) is 0 Å². The van der Waals surface area contributed by atoms with E-state index in [9.17, 15) is 18.0 Å². The zero-order chi connectivity index (χ0) is 19.6. The molecule has 0 bridgehead atoms. The van der Waals surface area contributed by atoms with Gasteiger partial charge in [0.1, 0.15) is 12.1 Å². The second kappa shape index (κ2) is 7.94. The first-order chi connectivity index (χ1) is 12.1. The van der Waals surface area contributed by atoms with Crippen LogP contribution in [-0.4, -0.2) is 50.3 Å². The highest BCUT2D eigenvalue weighted by Gasteiger charge is 2.40. The van der Waals surface area contributed by atoms with Gasteiger partial charge < -0.3 is 10.1 Å². The fourth-order valence-electron chi connectivity index (χ4n) is 2.99. The minimum Gasteiger partial charge on any atom is -0.467 e. The van der Waals surface area contributed by atoms with E-state index in [2.05, 4.69) is 10.1 Å². The lowest BCUT2D eigenvalue weighted by atomic mass is 10.2. The molecular formula is C17H23ClN2O5S. The summed E-state index contributed by atoms with van der Waals surface area (Å²) in [5, 5.41) is 3.01. The van der Waals surface area contributed by atoms with Crippen molar-refractivity contribution in [3.05, 3.63) is 28.3 Å². The summed E-state index contributed by atoms with van der Waals surface area (Å²) in [5.74, 6) is -1.10. The monoisotopic (exact) mass is 402 g/mol. The van der Waals surface area contributed by atoms with E-state index in [0.29, 0.717) is 29.0 Å². The number of amides is 1. The maximum atomic E-state index is 13.1. The Morgan fingerprint density at radius 3 is 2.58 bits per heavy atom. The summed E-state index contributed by atoms with van der Waals surface area (Å²) in [6, 6.07) is 1.42. The van der Waals surface area contributed by atoms with Crippen molar-refractivity contribution < 1.29 is 22.7 Å². The normalized spacial score (nSPS) is 19.2. The van der Waals surface area contributed by atoms with Gasteiger partial charge >= 0.3 is 5.97 Å². The van der Waals surface area contributed by atoms with Crippen LogP contribution in [-0.2, 0) is 24.3 Å². The number of carbonyl (C=O) groups excluding carboxylic acids is 2. The number of nitrogens with one attached hydrogen (secondary N) is 1. The average Bonchev–Trinajstić information content (AvgIpc) is 3.07. The molecule has 0 aliphatic carbocycles. The number of rotatable bonds is 5. The van der Waals surface area contributed by atoms with Crippen LogP contribution in [0.25, 0.3) is 0 Å². The fraction of sp³-hybridized carbons (Fsp3) is 0.529. The molecule has 0 aromatic heterocycles. The molecule has 1 aliphatic rings. The van der Waals surface area contributed by atoms with Gasteiger partial charge in [0, 0.05) is 11.6 Å². The number of aryl methyl sites for hydroxylation is 2. The first kappa shape index (κ1) is 20.7. The number of hydrogen-bond donors (Lipinski definition) is 1. The average molecular weight is 403 g/mol. The maximum Gasteiger partial charge on any atom is 0.328 e. The molecule has 1 aliphatic heterocycles. The van der Waals surface area contributed by atoms with Crippen LogP contribution >= 0.6 is 11.6 Å². The third kappa shape index (κ3) is 4.02. The highest BCUT2D eigenvalue weighted by Crippen LogP contribution is 2.30. The van der Waals surface area contributed by atoms with Crippen LogP contribution in [0, 0.1) is 13.8 Å². The molecule has 0 spiro atoms. The summed E-state index contributed by atoms with van der Waals surface area (Å²) < 4.78 is 32.0. The first-order valence-corrected chi connectivity index (χ1v) is 10.1. The van der Waals surface area contributed by atoms with E-state index >= 15 is 0 Å². The summed E-state index contributed by atoms with van der Waals surface area (Å²) in [5.41, 5.74) is 1.17. The van der Waals surface area contributed by atoms with Gasteiger partial charge in [-0.15, -0.1) is 0 Å². The van der Waals surface area contributed by atoms with Crippen molar-refractivity contribution in [3.8, 4) is 0 Å². The van der Waals surface area contributed by atoms with E-state index < -0.39 is 34.0 Å². The number of nitrogens with zero attached hydrogens (tertiary/aromatic N) is 1.